The topological polar surface area (TPSA) is 88.3 Å². The van der Waals surface area contributed by atoms with Gasteiger partial charge in [0.2, 0.25) is 11.7 Å². The number of anilines is 1. The molecule has 0 aliphatic carbocycles. The molecule has 0 aliphatic rings. The summed E-state index contributed by atoms with van der Waals surface area (Å²) < 4.78 is 18.1. The number of hydrogen-bond acceptors (Lipinski definition) is 5. The van der Waals surface area contributed by atoms with Crippen molar-refractivity contribution < 1.29 is 23.5 Å². The van der Waals surface area contributed by atoms with E-state index >= 15 is 0 Å². The van der Waals surface area contributed by atoms with E-state index in [0.717, 1.165) is 28.4 Å². The number of aryl methyl sites for hydroxylation is 1. The number of aromatic nitrogens is 1. The normalized spacial score (nSPS) is 11.8. The zero-order valence-electron chi connectivity index (χ0n) is 16.5. The maximum absolute atomic E-state index is 12.9. The number of ketones is 1. The van der Waals surface area contributed by atoms with Gasteiger partial charge >= 0.3 is 5.97 Å². The van der Waals surface area contributed by atoms with Crippen LogP contribution in [0.25, 0.3) is 10.9 Å². The highest BCUT2D eigenvalue weighted by molar-refractivity contribution is 8.01. The number of ether oxygens (including phenoxy) is 1. The Labute approximate surface area is 177 Å². The molecule has 2 aromatic carbocycles. The number of rotatable bonds is 8. The van der Waals surface area contributed by atoms with E-state index in [0.29, 0.717) is 11.3 Å². The third-order valence-electron chi connectivity index (χ3n) is 4.44. The zero-order chi connectivity index (χ0) is 21.7. The number of fused-ring (bicyclic) bond motifs is 1. The molecular weight excluding hydrogens is 407 g/mol. The van der Waals surface area contributed by atoms with Crippen molar-refractivity contribution >= 4 is 46.0 Å². The number of thioether (sulfide) groups is 1. The van der Waals surface area contributed by atoms with Gasteiger partial charge in [-0.15, -0.1) is 11.8 Å². The Hall–Kier alpha value is -3.13. The zero-order valence-corrected chi connectivity index (χ0v) is 17.3. The first-order valence-electron chi connectivity index (χ1n) is 9.29. The van der Waals surface area contributed by atoms with E-state index < -0.39 is 17.0 Å². The molecule has 1 unspecified atom stereocenters. The Kier molecular flexibility index (Phi) is 6.89. The molecule has 1 heterocycles. The number of amides is 1. The van der Waals surface area contributed by atoms with Crippen molar-refractivity contribution in [2.75, 3.05) is 17.7 Å². The van der Waals surface area contributed by atoms with Gasteiger partial charge in [0.25, 0.3) is 0 Å². The summed E-state index contributed by atoms with van der Waals surface area (Å²) in [5.41, 5.74) is 2.55. The molecule has 1 atom stereocenters. The van der Waals surface area contributed by atoms with E-state index in [9.17, 15) is 18.8 Å². The van der Waals surface area contributed by atoms with Crippen molar-refractivity contribution in [1.82, 2.24) is 4.98 Å². The summed E-state index contributed by atoms with van der Waals surface area (Å²) >= 11 is 1.09. The van der Waals surface area contributed by atoms with Crippen LogP contribution in [0.1, 0.15) is 23.0 Å². The summed E-state index contributed by atoms with van der Waals surface area (Å²) in [5.74, 6) is -1.55. The third-order valence-corrected chi connectivity index (χ3v) is 5.56. The molecule has 156 valence electrons. The second-order valence-electron chi connectivity index (χ2n) is 6.71. The Morgan fingerprint density at radius 3 is 2.57 bits per heavy atom. The number of hydrogen-bond donors (Lipinski definition) is 2. The molecule has 0 bridgehead atoms. The lowest BCUT2D eigenvalue weighted by molar-refractivity contribution is -0.141. The maximum Gasteiger partial charge on any atom is 0.319 e. The van der Waals surface area contributed by atoms with Crippen LogP contribution in [0.15, 0.2) is 48.5 Å². The van der Waals surface area contributed by atoms with Gasteiger partial charge in [0, 0.05) is 27.8 Å². The summed E-state index contributed by atoms with van der Waals surface area (Å²) in [7, 11) is 0. The van der Waals surface area contributed by atoms with Crippen molar-refractivity contribution in [3.8, 4) is 0 Å². The minimum atomic E-state index is -0.624. The number of carbonyl (C=O) groups is 3. The lowest BCUT2D eigenvalue weighted by atomic mass is 10.1. The van der Waals surface area contributed by atoms with Crippen LogP contribution in [0.2, 0.25) is 0 Å². The quantitative estimate of drug-likeness (QED) is 0.417. The number of halogens is 1. The highest BCUT2D eigenvalue weighted by Gasteiger charge is 2.21. The molecule has 0 radical (unpaired) electrons. The highest BCUT2D eigenvalue weighted by Crippen LogP contribution is 2.22. The van der Waals surface area contributed by atoms with Crippen molar-refractivity contribution in [2.24, 2.45) is 0 Å². The first-order chi connectivity index (χ1) is 14.3. The number of benzene rings is 2. The van der Waals surface area contributed by atoms with Gasteiger partial charge in [0.15, 0.2) is 6.61 Å². The summed E-state index contributed by atoms with van der Waals surface area (Å²) in [6, 6.07) is 12.8. The largest absolute Gasteiger partial charge is 0.456 e. The van der Waals surface area contributed by atoms with Gasteiger partial charge in [-0.3, -0.25) is 14.4 Å². The molecule has 0 fully saturated rings. The third kappa shape index (κ3) is 5.27. The molecule has 30 heavy (non-hydrogen) atoms. The summed E-state index contributed by atoms with van der Waals surface area (Å²) in [6.07, 6.45) is 0. The number of esters is 1. The number of H-pyrrole nitrogens is 1. The van der Waals surface area contributed by atoms with Crippen LogP contribution in [0.4, 0.5) is 10.1 Å². The average Bonchev–Trinajstić information content (AvgIpc) is 3.07. The molecule has 1 amide bonds. The van der Waals surface area contributed by atoms with Gasteiger partial charge in [0.05, 0.1) is 5.75 Å². The number of para-hydroxylation sites is 1. The van der Waals surface area contributed by atoms with Crippen LogP contribution < -0.4 is 5.32 Å². The maximum atomic E-state index is 12.9. The predicted molar refractivity (Wildman–Crippen MR) is 115 cm³/mol. The highest BCUT2D eigenvalue weighted by atomic mass is 32.2. The van der Waals surface area contributed by atoms with Crippen LogP contribution in [0.3, 0.4) is 0 Å². The lowest BCUT2D eigenvalue weighted by Gasteiger charge is -2.11. The Morgan fingerprint density at radius 2 is 1.83 bits per heavy atom. The minimum Gasteiger partial charge on any atom is -0.456 e. The minimum absolute atomic E-state index is 0.0170. The molecule has 0 spiro atoms. The molecule has 0 saturated carbocycles. The van der Waals surface area contributed by atoms with Crippen LogP contribution in [0, 0.1) is 12.7 Å². The van der Waals surface area contributed by atoms with E-state index in [2.05, 4.69) is 10.3 Å². The van der Waals surface area contributed by atoms with Crippen molar-refractivity contribution in [3.63, 3.8) is 0 Å². The van der Waals surface area contributed by atoms with Gasteiger partial charge in [-0.05, 0) is 44.2 Å². The number of nitrogens with one attached hydrogen (secondary N) is 2. The summed E-state index contributed by atoms with van der Waals surface area (Å²) in [4.78, 5) is 39.9. The molecule has 0 aliphatic heterocycles. The average molecular weight is 428 g/mol. The monoisotopic (exact) mass is 428 g/mol. The van der Waals surface area contributed by atoms with Crippen molar-refractivity contribution in [2.45, 2.75) is 19.1 Å². The van der Waals surface area contributed by atoms with E-state index in [4.69, 9.17) is 4.74 Å². The predicted octanol–water partition coefficient (Wildman–Crippen LogP) is 4.10. The van der Waals surface area contributed by atoms with Crippen molar-refractivity contribution in [1.29, 1.82) is 0 Å². The van der Waals surface area contributed by atoms with E-state index in [1.54, 1.807) is 13.8 Å². The molecule has 1 aromatic heterocycles. The van der Waals surface area contributed by atoms with Gasteiger partial charge in [-0.1, -0.05) is 18.2 Å². The van der Waals surface area contributed by atoms with Crippen LogP contribution in [0.5, 0.6) is 0 Å². The smallest absolute Gasteiger partial charge is 0.319 e. The van der Waals surface area contributed by atoms with E-state index in [1.165, 1.54) is 24.3 Å². The number of carbonyl (C=O) groups excluding carboxylic acids is 3. The van der Waals surface area contributed by atoms with Crippen LogP contribution >= 0.6 is 11.8 Å². The molecule has 3 aromatic rings. The Morgan fingerprint density at radius 1 is 1.13 bits per heavy atom. The summed E-state index contributed by atoms with van der Waals surface area (Å²) in [5, 5.41) is 2.78. The lowest BCUT2D eigenvalue weighted by Crippen LogP contribution is -2.23. The SMILES string of the molecule is Cc1[nH]c2ccccc2c1C(=O)COC(=O)C(C)SCC(=O)Nc1ccc(F)cc1. The second kappa shape index (κ2) is 9.58. The molecule has 8 heteroatoms. The van der Waals surface area contributed by atoms with Gasteiger partial charge in [-0.2, -0.15) is 0 Å². The fraction of sp³-hybridized carbons (Fsp3) is 0.227. The van der Waals surface area contributed by atoms with Crippen LogP contribution in [-0.2, 0) is 14.3 Å². The Bertz CT molecular complexity index is 1080. The number of aromatic amines is 1. The standard InChI is InChI=1S/C22H21FN2O4S/c1-13-21(17-5-3-4-6-18(17)24-13)19(26)11-29-22(28)14(2)30-12-20(27)25-16-9-7-15(23)8-10-16/h3-10,14,24H,11-12H2,1-2H3,(H,25,27). The van der Waals surface area contributed by atoms with Crippen molar-refractivity contribution in [3.05, 3.63) is 65.6 Å². The second-order valence-corrected chi connectivity index (χ2v) is 8.04. The van der Waals surface area contributed by atoms with Gasteiger partial charge in [-0.25, -0.2) is 4.39 Å². The molecule has 2 N–H and O–H groups in total. The fourth-order valence-electron chi connectivity index (χ4n) is 2.96. The summed E-state index contributed by atoms with van der Waals surface area (Å²) in [6.45, 7) is 3.04. The molecule has 6 nitrogen and oxygen atoms in total. The molecule has 0 saturated heterocycles. The van der Waals surface area contributed by atoms with E-state index in [1.807, 2.05) is 24.3 Å². The first-order valence-corrected chi connectivity index (χ1v) is 10.3. The van der Waals surface area contributed by atoms with Gasteiger partial charge in [0.1, 0.15) is 11.1 Å². The van der Waals surface area contributed by atoms with Crippen LogP contribution in [-0.4, -0.2) is 40.3 Å². The number of Topliss-reactive ketones (excluding diaryl/α,β-unsaturated/α-hetero) is 1. The Balaban J connectivity index is 1.48. The molecule has 3 rings (SSSR count). The fourth-order valence-corrected chi connectivity index (χ4v) is 3.64. The first kappa shape index (κ1) is 21.6. The van der Waals surface area contributed by atoms with E-state index in [-0.39, 0.29) is 24.1 Å². The molecular formula is C22H21FN2O4S. The van der Waals surface area contributed by atoms with Gasteiger partial charge < -0.3 is 15.0 Å².